The van der Waals surface area contributed by atoms with E-state index < -0.39 is 5.97 Å². The summed E-state index contributed by atoms with van der Waals surface area (Å²) in [6.07, 6.45) is 5.54. The molecule has 7 nitrogen and oxygen atoms in total. The first-order chi connectivity index (χ1) is 14.9. The van der Waals surface area contributed by atoms with Crippen LogP contribution in [-0.4, -0.2) is 65.1 Å². The van der Waals surface area contributed by atoms with Gasteiger partial charge in [-0.15, -0.1) is 0 Å². The molecule has 3 heterocycles. The fourth-order valence-corrected chi connectivity index (χ4v) is 4.93. The molecule has 2 aromatic rings. The third-order valence-corrected chi connectivity index (χ3v) is 6.37. The van der Waals surface area contributed by atoms with E-state index in [0.29, 0.717) is 18.7 Å². The number of piperidine rings is 2. The standard InChI is InChI=1S/C24H29N3O4/c1-26-16-24(10-8-22(26)28)9-4-12-27(17-24)14-19-13-18(20-5-2-3-11-25-20)6-7-21(19)31-15-23(29)30/h2-3,5-7,11,13H,4,8-10,12,14-17H2,1H3,(H,29,30). The molecule has 1 N–H and O–H groups in total. The Labute approximate surface area is 182 Å². The molecule has 0 bridgehead atoms. The van der Waals surface area contributed by atoms with Gasteiger partial charge in [-0.2, -0.15) is 0 Å². The summed E-state index contributed by atoms with van der Waals surface area (Å²) in [5.41, 5.74) is 2.95. The van der Waals surface area contributed by atoms with Crippen LogP contribution in [0.1, 0.15) is 31.2 Å². The van der Waals surface area contributed by atoms with Crippen LogP contribution < -0.4 is 4.74 Å². The minimum Gasteiger partial charge on any atom is -0.482 e. The number of carboxylic acid groups (broad SMARTS) is 1. The van der Waals surface area contributed by atoms with Crippen LogP contribution in [0.2, 0.25) is 0 Å². The van der Waals surface area contributed by atoms with E-state index in [2.05, 4.69) is 16.0 Å². The number of nitrogens with zero attached hydrogens (tertiary/aromatic N) is 3. The van der Waals surface area contributed by atoms with Crippen LogP contribution in [0.3, 0.4) is 0 Å². The van der Waals surface area contributed by atoms with E-state index in [1.807, 2.05) is 42.3 Å². The first-order valence-corrected chi connectivity index (χ1v) is 10.8. The summed E-state index contributed by atoms with van der Waals surface area (Å²) >= 11 is 0. The van der Waals surface area contributed by atoms with E-state index in [1.54, 1.807) is 6.20 Å². The second-order valence-electron chi connectivity index (χ2n) is 8.78. The van der Waals surface area contributed by atoms with E-state index in [-0.39, 0.29) is 17.9 Å². The average Bonchev–Trinajstić information content (AvgIpc) is 2.76. The van der Waals surface area contributed by atoms with E-state index in [9.17, 15) is 9.59 Å². The summed E-state index contributed by atoms with van der Waals surface area (Å²) in [5.74, 6) is -0.167. The lowest BCUT2D eigenvalue weighted by Gasteiger charge is -2.47. The van der Waals surface area contributed by atoms with E-state index in [4.69, 9.17) is 9.84 Å². The zero-order valence-corrected chi connectivity index (χ0v) is 17.9. The Hall–Kier alpha value is -2.93. The lowest BCUT2D eigenvalue weighted by atomic mass is 9.73. The lowest BCUT2D eigenvalue weighted by molar-refractivity contribution is -0.139. The molecule has 0 radical (unpaired) electrons. The first kappa shape index (κ1) is 21.3. The van der Waals surface area contributed by atoms with Gasteiger partial charge >= 0.3 is 5.97 Å². The van der Waals surface area contributed by atoms with Gasteiger partial charge in [-0.1, -0.05) is 6.07 Å². The molecule has 1 aromatic carbocycles. The Morgan fingerprint density at radius 3 is 2.84 bits per heavy atom. The number of carbonyl (C=O) groups excluding carboxylic acids is 1. The van der Waals surface area contributed by atoms with E-state index in [1.165, 1.54) is 0 Å². The van der Waals surface area contributed by atoms with Crippen LogP contribution in [-0.2, 0) is 16.1 Å². The number of carbonyl (C=O) groups is 2. The van der Waals surface area contributed by atoms with Crippen molar-refractivity contribution >= 4 is 11.9 Å². The number of aliphatic carboxylic acids is 1. The Balaban J connectivity index is 1.56. The number of ether oxygens (including phenoxy) is 1. The summed E-state index contributed by atoms with van der Waals surface area (Å²) in [6, 6.07) is 11.6. The van der Waals surface area contributed by atoms with Crippen molar-refractivity contribution in [1.82, 2.24) is 14.8 Å². The highest BCUT2D eigenvalue weighted by molar-refractivity contribution is 5.76. The quantitative estimate of drug-likeness (QED) is 0.769. The Morgan fingerprint density at radius 1 is 1.23 bits per heavy atom. The van der Waals surface area contributed by atoms with Gasteiger partial charge in [0, 0.05) is 55.8 Å². The SMILES string of the molecule is CN1CC2(CCCN(Cc3cc(-c4ccccn4)ccc3OCC(=O)O)C2)CCC1=O. The monoisotopic (exact) mass is 423 g/mol. The number of hydrogen-bond acceptors (Lipinski definition) is 5. The van der Waals surface area contributed by atoms with Gasteiger partial charge in [-0.3, -0.25) is 14.7 Å². The number of benzene rings is 1. The third kappa shape index (κ3) is 5.05. The molecule has 0 aliphatic carbocycles. The molecule has 1 unspecified atom stereocenters. The minimum absolute atomic E-state index is 0.140. The lowest BCUT2D eigenvalue weighted by Crippen LogP contribution is -2.52. The molecule has 1 atom stereocenters. The van der Waals surface area contributed by atoms with Crippen LogP contribution in [0, 0.1) is 5.41 Å². The predicted octanol–water partition coefficient (Wildman–Crippen LogP) is 3.05. The molecule has 4 rings (SSSR count). The molecule has 0 saturated carbocycles. The molecule has 164 valence electrons. The molecule has 7 heteroatoms. The molecule has 1 amide bonds. The average molecular weight is 424 g/mol. The number of carboxylic acids is 1. The summed E-state index contributed by atoms with van der Waals surface area (Å²) in [7, 11) is 1.90. The molecule has 2 saturated heterocycles. The fraction of sp³-hybridized carbons (Fsp3) is 0.458. The van der Waals surface area contributed by atoms with Gasteiger partial charge < -0.3 is 14.7 Å². The van der Waals surface area contributed by atoms with Crippen molar-refractivity contribution in [2.24, 2.45) is 5.41 Å². The molecule has 2 aliphatic rings. The largest absolute Gasteiger partial charge is 0.482 e. The van der Waals surface area contributed by atoms with Crippen molar-refractivity contribution in [3.05, 3.63) is 48.2 Å². The number of aromatic nitrogens is 1. The molecule has 31 heavy (non-hydrogen) atoms. The summed E-state index contributed by atoms with van der Waals surface area (Å²) in [4.78, 5) is 31.7. The normalized spacial score (nSPS) is 22.0. The van der Waals surface area contributed by atoms with Gasteiger partial charge in [-0.25, -0.2) is 4.79 Å². The zero-order chi connectivity index (χ0) is 21.8. The van der Waals surface area contributed by atoms with Crippen molar-refractivity contribution < 1.29 is 19.4 Å². The zero-order valence-electron chi connectivity index (χ0n) is 17.9. The molecular formula is C24H29N3O4. The Kier molecular flexibility index (Phi) is 6.23. The van der Waals surface area contributed by atoms with Gasteiger partial charge in [0.25, 0.3) is 0 Å². The number of likely N-dealkylation sites (tertiary alicyclic amines) is 2. The van der Waals surface area contributed by atoms with Gasteiger partial charge in [0.2, 0.25) is 5.91 Å². The molecule has 1 spiro atoms. The van der Waals surface area contributed by atoms with Gasteiger partial charge in [0.15, 0.2) is 6.61 Å². The summed E-state index contributed by atoms with van der Waals surface area (Å²) in [5, 5.41) is 9.05. The third-order valence-electron chi connectivity index (χ3n) is 6.37. The van der Waals surface area contributed by atoms with Crippen LogP contribution in [0.5, 0.6) is 5.75 Å². The van der Waals surface area contributed by atoms with Crippen LogP contribution in [0.15, 0.2) is 42.6 Å². The molecule has 1 aromatic heterocycles. The number of hydrogen-bond donors (Lipinski definition) is 1. The maximum absolute atomic E-state index is 12.0. The molecular weight excluding hydrogens is 394 g/mol. The second kappa shape index (κ2) is 9.06. The molecule has 2 fully saturated rings. The van der Waals surface area contributed by atoms with Gasteiger partial charge in [0.05, 0.1) is 5.69 Å². The van der Waals surface area contributed by atoms with Crippen molar-refractivity contribution in [3.63, 3.8) is 0 Å². The van der Waals surface area contributed by atoms with Crippen molar-refractivity contribution in [2.45, 2.75) is 32.2 Å². The van der Waals surface area contributed by atoms with Crippen LogP contribution >= 0.6 is 0 Å². The summed E-state index contributed by atoms with van der Waals surface area (Å²) in [6.45, 7) is 3.02. The van der Waals surface area contributed by atoms with Crippen molar-refractivity contribution in [1.29, 1.82) is 0 Å². The number of amides is 1. The fourth-order valence-electron chi connectivity index (χ4n) is 4.93. The second-order valence-corrected chi connectivity index (χ2v) is 8.78. The minimum atomic E-state index is -0.994. The van der Waals surface area contributed by atoms with Crippen molar-refractivity contribution in [2.75, 3.05) is 33.3 Å². The maximum Gasteiger partial charge on any atom is 0.341 e. The van der Waals surface area contributed by atoms with E-state index in [0.717, 1.165) is 55.7 Å². The van der Waals surface area contributed by atoms with Gasteiger partial charge in [0.1, 0.15) is 5.75 Å². The van der Waals surface area contributed by atoms with Gasteiger partial charge in [-0.05, 0) is 56.1 Å². The maximum atomic E-state index is 12.0. The topological polar surface area (TPSA) is 83.0 Å². The van der Waals surface area contributed by atoms with Crippen LogP contribution in [0.4, 0.5) is 0 Å². The van der Waals surface area contributed by atoms with Crippen molar-refractivity contribution in [3.8, 4) is 17.0 Å². The van der Waals surface area contributed by atoms with E-state index >= 15 is 0 Å². The number of pyridine rings is 1. The molecule has 2 aliphatic heterocycles. The predicted molar refractivity (Wildman–Crippen MR) is 117 cm³/mol. The Bertz CT molecular complexity index is 949. The first-order valence-electron chi connectivity index (χ1n) is 10.8. The smallest absolute Gasteiger partial charge is 0.341 e. The highest BCUT2D eigenvalue weighted by atomic mass is 16.5. The number of rotatable bonds is 6. The van der Waals surface area contributed by atoms with Crippen LogP contribution in [0.25, 0.3) is 11.3 Å². The highest BCUT2D eigenvalue weighted by Crippen LogP contribution is 2.39. The highest BCUT2D eigenvalue weighted by Gasteiger charge is 2.40. The summed E-state index contributed by atoms with van der Waals surface area (Å²) < 4.78 is 5.60. The Morgan fingerprint density at radius 2 is 2.10 bits per heavy atom.